The number of nitrogens with zero attached hydrogens (tertiary/aromatic N) is 1. The van der Waals surface area contributed by atoms with E-state index in [-0.39, 0.29) is 32.2 Å². The van der Waals surface area contributed by atoms with Crippen molar-refractivity contribution in [3.63, 3.8) is 0 Å². The van der Waals surface area contributed by atoms with Gasteiger partial charge in [-0.1, -0.05) is 310 Å². The fourth-order valence-electron chi connectivity index (χ4n) is 9.80. The van der Waals surface area contributed by atoms with Crippen molar-refractivity contribution >= 4 is 17.9 Å². The minimum absolute atomic E-state index is 0.181. The Morgan fingerprint density at radius 1 is 0.369 bits per heavy atom. The van der Waals surface area contributed by atoms with Gasteiger partial charge in [-0.2, -0.15) is 0 Å². The smallest absolute Gasteiger partial charge is 0.361 e. The summed E-state index contributed by atoms with van der Waals surface area (Å²) in [5, 5.41) is 9.74. The van der Waals surface area contributed by atoms with Crippen LogP contribution in [0.15, 0.2) is 97.2 Å². The van der Waals surface area contributed by atoms with Gasteiger partial charge in [-0.25, -0.2) is 4.79 Å². The fraction of sp³-hybridized carbons (Fsp3) is 0.747. The van der Waals surface area contributed by atoms with Crippen LogP contribution in [-0.4, -0.2) is 87.4 Å². The van der Waals surface area contributed by atoms with Crippen molar-refractivity contribution in [1.29, 1.82) is 0 Å². The van der Waals surface area contributed by atoms with Gasteiger partial charge in [-0.3, -0.25) is 9.59 Å². The average Bonchev–Trinajstić information content (AvgIpc) is 3.51. The lowest BCUT2D eigenvalue weighted by molar-refractivity contribution is -0.870. The number of allylic oxidation sites excluding steroid dienone is 16. The van der Waals surface area contributed by atoms with E-state index in [4.69, 9.17) is 18.9 Å². The van der Waals surface area contributed by atoms with Gasteiger partial charge >= 0.3 is 17.9 Å². The molecule has 9 heteroatoms. The molecular weight excluding hydrogens is 1040 g/mol. The number of carboxylic acid groups (broad SMARTS) is 1. The molecular formula is C75H132NO8+. The number of carbonyl (C=O) groups is 3. The van der Waals surface area contributed by atoms with Gasteiger partial charge in [0.05, 0.1) is 34.4 Å². The van der Waals surface area contributed by atoms with Crippen LogP contribution in [0.4, 0.5) is 0 Å². The molecule has 0 fully saturated rings. The number of hydrogen-bond donors (Lipinski definition) is 1. The van der Waals surface area contributed by atoms with E-state index in [0.717, 1.165) is 109 Å². The number of rotatable bonds is 64. The minimum atomic E-state index is -1.52. The van der Waals surface area contributed by atoms with E-state index in [0.29, 0.717) is 23.9 Å². The SMILES string of the molecule is CC/C=C\C/C=C\C/C=C\C/C=C\C/C=C\C/C=C\C/C=C\C/C=C\CCCCCCCCC(=O)OC(COC(=O)CCCCCCCCCCCCCCCCCCCCCCCCCCCCCC)COC(OCC[N+](C)(C)C)C(=O)O. The van der Waals surface area contributed by atoms with E-state index in [2.05, 4.69) is 111 Å². The standard InChI is InChI=1S/C75H131NO8/c1-6-8-10-12-14-16-18-20-22-24-26-28-30-32-34-36-37-38-40-42-44-46-48-50-52-54-56-58-60-62-64-66-73(78)84-71(70-83-75(74(79)80)81-68-67-76(3,4)5)69-82-72(77)65-63-61-59-57-55-53-51-49-47-45-43-41-39-35-33-31-29-27-25-23-21-19-17-15-13-11-9-7-2/h8,10,14,16,20,22,26,28,32,34,37-38,42,44,48,50,71,75H,6-7,9,11-13,15,17-19,21,23-25,27,29-31,33,35-36,39-41,43,45-47,49,51-70H2,1-5H3/p+1/b10-8-,16-14-,22-20-,28-26-,34-32-,38-37-,44-42-,50-48-. The van der Waals surface area contributed by atoms with E-state index in [1.807, 2.05) is 21.1 Å². The van der Waals surface area contributed by atoms with Crippen molar-refractivity contribution in [2.24, 2.45) is 0 Å². The van der Waals surface area contributed by atoms with E-state index >= 15 is 0 Å². The molecule has 0 aromatic carbocycles. The topological polar surface area (TPSA) is 108 Å². The monoisotopic (exact) mass is 1170 g/mol. The number of hydrogen-bond acceptors (Lipinski definition) is 7. The summed E-state index contributed by atoms with van der Waals surface area (Å²) >= 11 is 0. The van der Waals surface area contributed by atoms with Crippen LogP contribution in [0.3, 0.4) is 0 Å². The Morgan fingerprint density at radius 3 is 1.01 bits per heavy atom. The van der Waals surface area contributed by atoms with Crippen molar-refractivity contribution in [2.75, 3.05) is 47.5 Å². The normalized spacial score (nSPS) is 13.3. The van der Waals surface area contributed by atoms with Crippen molar-refractivity contribution in [2.45, 2.75) is 315 Å². The van der Waals surface area contributed by atoms with E-state index in [9.17, 15) is 19.5 Å². The number of carboxylic acids is 1. The van der Waals surface area contributed by atoms with Gasteiger partial charge in [0.2, 0.25) is 0 Å². The summed E-state index contributed by atoms with van der Waals surface area (Å²) in [6.07, 6.45) is 86.6. The second-order valence-corrected chi connectivity index (χ2v) is 24.5. The number of aliphatic carboxylic acids is 1. The van der Waals surface area contributed by atoms with Gasteiger partial charge in [0.15, 0.2) is 6.10 Å². The molecule has 0 saturated heterocycles. The van der Waals surface area contributed by atoms with E-state index in [1.165, 1.54) is 161 Å². The third-order valence-electron chi connectivity index (χ3n) is 15.1. The Labute approximate surface area is 518 Å². The number of esters is 2. The molecule has 0 radical (unpaired) electrons. The lowest BCUT2D eigenvalue weighted by Crippen LogP contribution is -2.40. The molecule has 0 bridgehead atoms. The Balaban J connectivity index is 4.18. The number of carbonyl (C=O) groups excluding carboxylic acids is 2. The van der Waals surface area contributed by atoms with Crippen LogP contribution in [0.1, 0.15) is 303 Å². The second kappa shape index (κ2) is 65.2. The van der Waals surface area contributed by atoms with Crippen molar-refractivity contribution in [3.8, 4) is 0 Å². The van der Waals surface area contributed by atoms with Crippen molar-refractivity contribution in [1.82, 2.24) is 0 Å². The summed E-state index contributed by atoms with van der Waals surface area (Å²) in [6.45, 7) is 4.78. The first-order valence-corrected chi connectivity index (χ1v) is 34.9. The highest BCUT2D eigenvalue weighted by atomic mass is 16.7. The molecule has 0 aromatic rings. The first-order valence-electron chi connectivity index (χ1n) is 34.9. The zero-order valence-electron chi connectivity index (χ0n) is 55.3. The predicted octanol–water partition coefficient (Wildman–Crippen LogP) is 21.6. The third kappa shape index (κ3) is 65.7. The Hall–Kier alpha value is -3.79. The largest absolute Gasteiger partial charge is 0.477 e. The summed E-state index contributed by atoms with van der Waals surface area (Å²) in [7, 11) is 5.97. The van der Waals surface area contributed by atoms with Crippen LogP contribution in [0, 0.1) is 0 Å². The van der Waals surface area contributed by atoms with Gasteiger partial charge < -0.3 is 28.5 Å². The molecule has 0 spiro atoms. The zero-order chi connectivity index (χ0) is 61.2. The number of likely N-dealkylation sites (N-methyl/N-ethyl adjacent to an activating group) is 1. The van der Waals surface area contributed by atoms with Crippen molar-refractivity contribution < 1.29 is 42.9 Å². The molecule has 9 nitrogen and oxygen atoms in total. The number of unbranched alkanes of at least 4 members (excludes halogenated alkanes) is 33. The Kier molecular flexibility index (Phi) is 62.2. The summed E-state index contributed by atoms with van der Waals surface area (Å²) in [5.74, 6) is -2.02. The van der Waals surface area contributed by atoms with Crippen LogP contribution >= 0.6 is 0 Å². The second-order valence-electron chi connectivity index (χ2n) is 24.5. The molecule has 0 heterocycles. The fourth-order valence-corrected chi connectivity index (χ4v) is 9.80. The highest BCUT2D eigenvalue weighted by molar-refractivity contribution is 5.71. The van der Waals surface area contributed by atoms with Gasteiger partial charge in [0.1, 0.15) is 13.2 Å². The van der Waals surface area contributed by atoms with E-state index < -0.39 is 24.3 Å². The van der Waals surface area contributed by atoms with Gasteiger partial charge in [-0.05, 0) is 77.0 Å². The predicted molar refractivity (Wildman–Crippen MR) is 359 cm³/mol. The van der Waals surface area contributed by atoms with Gasteiger partial charge in [0.25, 0.3) is 6.29 Å². The Morgan fingerprint density at radius 2 is 0.679 bits per heavy atom. The summed E-state index contributed by atoms with van der Waals surface area (Å²) < 4.78 is 23.0. The number of ether oxygens (including phenoxy) is 4. The lowest BCUT2D eigenvalue weighted by Gasteiger charge is -2.25. The third-order valence-corrected chi connectivity index (χ3v) is 15.1. The number of quaternary nitrogens is 1. The average molecular weight is 1180 g/mol. The minimum Gasteiger partial charge on any atom is -0.477 e. The molecule has 0 aliphatic heterocycles. The zero-order valence-corrected chi connectivity index (χ0v) is 55.3. The highest BCUT2D eigenvalue weighted by Gasteiger charge is 2.25. The van der Waals surface area contributed by atoms with Gasteiger partial charge in [0, 0.05) is 12.8 Å². The molecule has 484 valence electrons. The van der Waals surface area contributed by atoms with Crippen LogP contribution in [0.5, 0.6) is 0 Å². The highest BCUT2D eigenvalue weighted by Crippen LogP contribution is 2.18. The molecule has 0 amide bonds. The first kappa shape index (κ1) is 80.2. The molecule has 1 N–H and O–H groups in total. The summed E-state index contributed by atoms with van der Waals surface area (Å²) in [4.78, 5) is 37.6. The molecule has 0 rings (SSSR count). The van der Waals surface area contributed by atoms with Crippen LogP contribution in [0.2, 0.25) is 0 Å². The molecule has 0 aliphatic carbocycles. The van der Waals surface area contributed by atoms with E-state index in [1.54, 1.807) is 0 Å². The Bertz CT molecular complexity index is 1700. The lowest BCUT2D eigenvalue weighted by atomic mass is 10.0. The quantitative estimate of drug-likeness (QED) is 0.0211. The maximum atomic E-state index is 12.9. The first-order chi connectivity index (χ1) is 41.1. The van der Waals surface area contributed by atoms with Crippen molar-refractivity contribution in [3.05, 3.63) is 97.2 Å². The van der Waals surface area contributed by atoms with Gasteiger partial charge in [-0.15, -0.1) is 0 Å². The molecule has 0 saturated carbocycles. The maximum Gasteiger partial charge on any atom is 0.361 e. The van der Waals surface area contributed by atoms with Crippen LogP contribution in [-0.2, 0) is 33.3 Å². The molecule has 84 heavy (non-hydrogen) atoms. The molecule has 0 aliphatic rings. The molecule has 2 atom stereocenters. The van der Waals surface area contributed by atoms with Crippen LogP contribution in [0.25, 0.3) is 0 Å². The molecule has 2 unspecified atom stereocenters. The maximum absolute atomic E-state index is 12.9. The summed E-state index contributed by atoms with van der Waals surface area (Å²) in [5.41, 5.74) is 0. The summed E-state index contributed by atoms with van der Waals surface area (Å²) in [6, 6.07) is 0. The molecule has 0 aromatic heterocycles. The van der Waals surface area contributed by atoms with Crippen LogP contribution < -0.4 is 0 Å².